The van der Waals surface area contributed by atoms with E-state index in [9.17, 15) is 19.0 Å². The number of allylic oxidation sites excluding steroid dienone is 6. The minimum absolute atomic E-state index is 0.0290. The Morgan fingerprint density at radius 1 is 0.608 bits per heavy atom. The third-order valence-electron chi connectivity index (χ3n) is 8.42. The van der Waals surface area contributed by atoms with E-state index in [-0.39, 0.29) is 32.0 Å². The average Bonchev–Trinajstić information content (AvgIpc) is 3.07. The molecule has 0 heterocycles. The van der Waals surface area contributed by atoms with Crippen LogP contribution >= 0.6 is 7.82 Å². The largest absolute Gasteiger partial charge is 0.472 e. The number of unbranched alkanes of at least 4 members (excludes halogenated alkanes) is 16. The van der Waals surface area contributed by atoms with Crippen molar-refractivity contribution in [3.63, 3.8) is 0 Å². The van der Waals surface area contributed by atoms with Crippen LogP contribution < -0.4 is 0 Å². The van der Waals surface area contributed by atoms with Crippen molar-refractivity contribution < 1.29 is 42.1 Å². The van der Waals surface area contributed by atoms with Crippen LogP contribution in [0.2, 0.25) is 0 Å². The Balaban J connectivity index is 4.36. The number of hydrogen-bond acceptors (Lipinski definition) is 7. The molecule has 0 radical (unpaired) electrons. The van der Waals surface area contributed by atoms with Crippen LogP contribution in [-0.2, 0) is 32.7 Å². The molecule has 0 saturated carbocycles. The molecule has 0 aromatic heterocycles. The third kappa shape index (κ3) is 37.8. The van der Waals surface area contributed by atoms with Gasteiger partial charge in [0.2, 0.25) is 0 Å². The molecule has 0 bridgehead atoms. The Morgan fingerprint density at radius 3 is 1.61 bits per heavy atom. The summed E-state index contributed by atoms with van der Waals surface area (Å²) in [6.45, 7) is 4.33. The first-order valence-electron chi connectivity index (χ1n) is 20.2. The van der Waals surface area contributed by atoms with Crippen LogP contribution in [0.4, 0.5) is 0 Å². The summed E-state index contributed by atoms with van der Waals surface area (Å²) < 4.78 is 34.1. The zero-order valence-corrected chi connectivity index (χ0v) is 34.2. The van der Waals surface area contributed by atoms with Gasteiger partial charge in [-0.1, -0.05) is 134 Å². The maximum absolute atomic E-state index is 12.6. The van der Waals surface area contributed by atoms with Gasteiger partial charge < -0.3 is 18.9 Å². The molecule has 0 rings (SSSR count). The van der Waals surface area contributed by atoms with E-state index >= 15 is 0 Å². The average molecular weight is 743 g/mol. The Kier molecular flexibility index (Phi) is 32.8. The van der Waals surface area contributed by atoms with E-state index in [1.54, 1.807) is 0 Å². The molecule has 0 aliphatic rings. The van der Waals surface area contributed by atoms with Crippen LogP contribution in [-0.4, -0.2) is 74.9 Å². The van der Waals surface area contributed by atoms with E-state index in [2.05, 4.69) is 50.3 Å². The molecular weight excluding hydrogens is 665 g/mol. The number of phosphoric ester groups is 1. The van der Waals surface area contributed by atoms with Gasteiger partial charge in [-0.05, 0) is 51.4 Å². The second-order valence-corrected chi connectivity index (χ2v) is 16.1. The zero-order chi connectivity index (χ0) is 37.9. The molecule has 51 heavy (non-hydrogen) atoms. The summed E-state index contributed by atoms with van der Waals surface area (Å²) >= 11 is 0. The quantitative estimate of drug-likeness (QED) is 0.0222. The monoisotopic (exact) mass is 743 g/mol. The molecule has 0 spiro atoms. The summed E-state index contributed by atoms with van der Waals surface area (Å²) in [5.74, 6) is -0.819. The van der Waals surface area contributed by atoms with Gasteiger partial charge in [0.05, 0.1) is 27.7 Å². The zero-order valence-electron chi connectivity index (χ0n) is 33.3. The van der Waals surface area contributed by atoms with Crippen molar-refractivity contribution in [3.05, 3.63) is 36.5 Å². The second kappa shape index (κ2) is 34.0. The van der Waals surface area contributed by atoms with Gasteiger partial charge in [-0.15, -0.1) is 0 Å². The number of esters is 2. The van der Waals surface area contributed by atoms with Crippen LogP contribution in [0.3, 0.4) is 0 Å². The van der Waals surface area contributed by atoms with Gasteiger partial charge in [0.1, 0.15) is 19.8 Å². The molecule has 2 atom stereocenters. The third-order valence-corrected chi connectivity index (χ3v) is 9.41. The van der Waals surface area contributed by atoms with Gasteiger partial charge in [-0.3, -0.25) is 18.6 Å². The van der Waals surface area contributed by atoms with Gasteiger partial charge >= 0.3 is 19.8 Å². The van der Waals surface area contributed by atoms with Gasteiger partial charge in [-0.25, -0.2) is 4.57 Å². The number of quaternary nitrogens is 1. The molecule has 0 aliphatic carbocycles. The lowest BCUT2D eigenvalue weighted by atomic mass is 10.1. The van der Waals surface area contributed by atoms with Crippen LogP contribution in [0.1, 0.15) is 162 Å². The number of carbonyl (C=O) groups excluding carboxylic acids is 2. The smallest absolute Gasteiger partial charge is 0.462 e. The van der Waals surface area contributed by atoms with E-state index < -0.39 is 26.5 Å². The molecule has 9 nitrogen and oxygen atoms in total. The Hall–Kier alpha value is -1.77. The molecule has 0 saturated heterocycles. The standard InChI is InChI=1S/C41H76NO8P/c1-6-8-10-12-14-16-17-18-19-20-21-22-23-24-25-26-28-30-32-34-41(44)50-39(38-49-51(45,46)48-36-35-42(3,4)5)37-47-40(43)33-31-29-27-15-13-11-9-7-2/h14,16,18-19,21-22,39H,6-13,15,17,20,23-38H2,1-5H3/p+1/b16-14-,19-18-,22-21-. The van der Waals surface area contributed by atoms with E-state index in [1.807, 2.05) is 21.1 Å². The number of hydrogen-bond donors (Lipinski definition) is 1. The highest BCUT2D eigenvalue weighted by molar-refractivity contribution is 7.47. The molecule has 0 amide bonds. The summed E-state index contributed by atoms with van der Waals surface area (Å²) in [5, 5.41) is 0. The lowest BCUT2D eigenvalue weighted by Crippen LogP contribution is -2.37. The molecule has 0 aromatic rings. The fraction of sp³-hybridized carbons (Fsp3) is 0.805. The topological polar surface area (TPSA) is 108 Å². The molecule has 0 aliphatic heterocycles. The molecule has 2 unspecified atom stereocenters. The lowest BCUT2D eigenvalue weighted by molar-refractivity contribution is -0.870. The van der Waals surface area contributed by atoms with Crippen molar-refractivity contribution in [2.24, 2.45) is 0 Å². The normalized spacial score (nSPS) is 14.1. The van der Waals surface area contributed by atoms with Crippen molar-refractivity contribution in [3.8, 4) is 0 Å². The van der Waals surface area contributed by atoms with E-state index in [1.165, 1.54) is 57.8 Å². The van der Waals surface area contributed by atoms with Gasteiger partial charge in [-0.2, -0.15) is 0 Å². The number of phosphoric acid groups is 1. The van der Waals surface area contributed by atoms with Crippen LogP contribution in [0, 0.1) is 0 Å². The van der Waals surface area contributed by atoms with Crippen molar-refractivity contribution in [2.45, 2.75) is 168 Å². The number of likely N-dealkylation sites (N-methyl/N-ethyl adjacent to an activating group) is 1. The van der Waals surface area contributed by atoms with Crippen LogP contribution in [0.15, 0.2) is 36.5 Å². The molecule has 1 N–H and O–H groups in total. The number of rotatable bonds is 36. The van der Waals surface area contributed by atoms with E-state index in [4.69, 9.17) is 18.5 Å². The lowest BCUT2D eigenvalue weighted by Gasteiger charge is -2.24. The molecular formula is C41H77NO8P+. The highest BCUT2D eigenvalue weighted by Crippen LogP contribution is 2.43. The number of carbonyl (C=O) groups is 2. The van der Waals surface area contributed by atoms with Crippen LogP contribution in [0.5, 0.6) is 0 Å². The summed E-state index contributed by atoms with van der Waals surface area (Å²) in [7, 11) is 1.46. The second-order valence-electron chi connectivity index (χ2n) is 14.7. The van der Waals surface area contributed by atoms with Gasteiger partial charge in [0.25, 0.3) is 0 Å². The molecule has 0 fully saturated rings. The first kappa shape index (κ1) is 49.2. The number of ether oxygens (including phenoxy) is 2. The van der Waals surface area contributed by atoms with Crippen molar-refractivity contribution in [2.75, 3.05) is 47.5 Å². The predicted octanol–water partition coefficient (Wildman–Crippen LogP) is 11.0. The molecule has 298 valence electrons. The van der Waals surface area contributed by atoms with Gasteiger partial charge in [0, 0.05) is 12.8 Å². The van der Waals surface area contributed by atoms with Crippen molar-refractivity contribution in [1.82, 2.24) is 0 Å². The highest BCUT2D eigenvalue weighted by Gasteiger charge is 2.27. The SMILES string of the molecule is CCCCC/C=C\C/C=C\C/C=C\CCCCCCCCC(=O)OC(COC(=O)CCCCCCCCCC)COP(=O)(O)OCC[N+](C)(C)C. The maximum atomic E-state index is 12.6. The first-order valence-corrected chi connectivity index (χ1v) is 21.7. The minimum Gasteiger partial charge on any atom is -0.462 e. The summed E-state index contributed by atoms with van der Waals surface area (Å²) in [5.41, 5.74) is 0. The Morgan fingerprint density at radius 2 is 1.06 bits per heavy atom. The summed E-state index contributed by atoms with van der Waals surface area (Å²) in [6.07, 6.45) is 36.3. The van der Waals surface area contributed by atoms with Crippen molar-refractivity contribution in [1.29, 1.82) is 0 Å². The van der Waals surface area contributed by atoms with Crippen molar-refractivity contribution >= 4 is 19.8 Å². The Bertz CT molecular complexity index is 975. The predicted molar refractivity (Wildman–Crippen MR) is 210 cm³/mol. The fourth-order valence-corrected chi connectivity index (χ4v) is 5.94. The summed E-state index contributed by atoms with van der Waals surface area (Å²) in [6, 6.07) is 0. The summed E-state index contributed by atoms with van der Waals surface area (Å²) in [4.78, 5) is 35.1. The van der Waals surface area contributed by atoms with Gasteiger partial charge in [0.15, 0.2) is 6.10 Å². The first-order chi connectivity index (χ1) is 24.5. The highest BCUT2D eigenvalue weighted by atomic mass is 31.2. The minimum atomic E-state index is -4.37. The fourth-order valence-electron chi connectivity index (χ4n) is 5.20. The molecule has 10 heteroatoms. The Labute approximate surface area is 312 Å². The number of nitrogens with zero attached hydrogens (tertiary/aromatic N) is 1. The van der Waals surface area contributed by atoms with Crippen LogP contribution in [0.25, 0.3) is 0 Å². The van der Waals surface area contributed by atoms with E-state index in [0.29, 0.717) is 17.4 Å². The van der Waals surface area contributed by atoms with E-state index in [0.717, 1.165) is 70.6 Å². The molecule has 0 aromatic carbocycles. The maximum Gasteiger partial charge on any atom is 0.472 e.